The number of rotatable bonds is 3. The van der Waals surface area contributed by atoms with Gasteiger partial charge in [-0.15, -0.1) is 0 Å². The third-order valence-electron chi connectivity index (χ3n) is 2.90. The van der Waals surface area contributed by atoms with Crippen LogP contribution < -0.4 is 10.6 Å². The first-order valence-electron chi connectivity index (χ1n) is 5.64. The van der Waals surface area contributed by atoms with Crippen molar-refractivity contribution in [3.63, 3.8) is 0 Å². The lowest BCUT2D eigenvalue weighted by atomic mass is 10.1. The molecule has 0 radical (unpaired) electrons. The zero-order valence-electron chi connectivity index (χ0n) is 10.4. The van der Waals surface area contributed by atoms with Gasteiger partial charge in [-0.2, -0.15) is 0 Å². The van der Waals surface area contributed by atoms with Crippen LogP contribution in [-0.2, 0) is 0 Å². The van der Waals surface area contributed by atoms with Crippen molar-refractivity contribution in [3.05, 3.63) is 53.9 Å². The molecule has 2 N–H and O–H groups in total. The van der Waals surface area contributed by atoms with Crippen molar-refractivity contribution in [1.82, 2.24) is 4.98 Å². The van der Waals surface area contributed by atoms with Crippen LogP contribution in [0.3, 0.4) is 0 Å². The number of hydrogen-bond donors (Lipinski definition) is 1. The molecule has 0 unspecified atom stereocenters. The molecule has 1 heterocycles. The molecule has 1 aromatic heterocycles. The second-order valence-electron chi connectivity index (χ2n) is 4.13. The Labute approximate surface area is 112 Å². The lowest BCUT2D eigenvalue weighted by molar-refractivity contribution is 1.17. The second kappa shape index (κ2) is 5.14. The molecule has 0 saturated carbocycles. The first-order valence-corrected chi connectivity index (χ1v) is 6.04. The van der Waals surface area contributed by atoms with E-state index >= 15 is 0 Å². The first kappa shape index (κ1) is 12.5. The number of aryl methyl sites for hydroxylation is 1. The second-order valence-corrected chi connectivity index (χ2v) is 4.57. The van der Waals surface area contributed by atoms with Crippen LogP contribution in [0.4, 0.5) is 11.4 Å². The molecule has 1 aromatic carbocycles. The highest BCUT2D eigenvalue weighted by Crippen LogP contribution is 2.24. The summed E-state index contributed by atoms with van der Waals surface area (Å²) < 4.78 is 0. The monoisotopic (exact) mass is 257 g/mol. The highest BCUT2D eigenvalue weighted by molar-refractivity contribution is 7.80. The molecular weight excluding hydrogens is 242 g/mol. The van der Waals surface area contributed by atoms with Crippen molar-refractivity contribution in [1.29, 1.82) is 0 Å². The van der Waals surface area contributed by atoms with Crippen LogP contribution in [0.5, 0.6) is 0 Å². The highest BCUT2D eigenvalue weighted by Gasteiger charge is 2.07. The van der Waals surface area contributed by atoms with Crippen LogP contribution in [0.15, 0.2) is 42.7 Å². The van der Waals surface area contributed by atoms with E-state index in [4.69, 9.17) is 18.0 Å². The van der Waals surface area contributed by atoms with Crippen LogP contribution in [0.2, 0.25) is 0 Å². The summed E-state index contributed by atoms with van der Waals surface area (Å²) in [6, 6.07) is 9.97. The van der Waals surface area contributed by atoms with Gasteiger partial charge < -0.3 is 10.6 Å². The molecule has 0 aliphatic carbocycles. The average molecular weight is 257 g/mol. The van der Waals surface area contributed by atoms with Gasteiger partial charge in [-0.05, 0) is 42.8 Å². The fraction of sp³-hybridized carbons (Fsp3) is 0.143. The number of anilines is 2. The molecular formula is C14H15N3S. The van der Waals surface area contributed by atoms with Crippen LogP contribution >= 0.6 is 12.2 Å². The van der Waals surface area contributed by atoms with E-state index in [1.54, 1.807) is 6.20 Å². The van der Waals surface area contributed by atoms with E-state index in [0.29, 0.717) is 4.99 Å². The fourth-order valence-electron chi connectivity index (χ4n) is 1.83. The summed E-state index contributed by atoms with van der Waals surface area (Å²) in [6.45, 7) is 2.01. The van der Waals surface area contributed by atoms with Crippen molar-refractivity contribution in [3.8, 4) is 0 Å². The molecule has 2 aromatic rings. The van der Waals surface area contributed by atoms with E-state index in [2.05, 4.69) is 16.0 Å². The van der Waals surface area contributed by atoms with Crippen molar-refractivity contribution in [2.75, 3.05) is 11.9 Å². The van der Waals surface area contributed by atoms with Crippen molar-refractivity contribution < 1.29 is 0 Å². The summed E-state index contributed by atoms with van der Waals surface area (Å²) in [7, 11) is 2.01. The predicted octanol–water partition coefficient (Wildman–Crippen LogP) is 2.79. The number of pyridine rings is 1. The zero-order chi connectivity index (χ0) is 13.1. The van der Waals surface area contributed by atoms with Gasteiger partial charge >= 0.3 is 0 Å². The van der Waals surface area contributed by atoms with Crippen LogP contribution in [0, 0.1) is 6.92 Å². The molecule has 0 saturated heterocycles. The number of nitrogens with two attached hydrogens (primary N) is 1. The van der Waals surface area contributed by atoms with Crippen molar-refractivity contribution in [2.45, 2.75) is 6.92 Å². The third-order valence-corrected chi connectivity index (χ3v) is 3.12. The minimum atomic E-state index is 0.433. The molecule has 0 amide bonds. The Bertz CT molecular complexity index is 567. The standard InChI is InChI=1S/C14H15N3S/c1-10-8-11(5-6-13(10)14(15)18)17(2)12-4-3-7-16-9-12/h3-9H,1-2H3,(H2,15,18). The van der Waals surface area contributed by atoms with Gasteiger partial charge in [0.1, 0.15) is 4.99 Å². The minimum absolute atomic E-state index is 0.433. The van der Waals surface area contributed by atoms with Crippen molar-refractivity contribution >= 4 is 28.6 Å². The summed E-state index contributed by atoms with van der Waals surface area (Å²) in [4.78, 5) is 6.62. The Balaban J connectivity index is 2.35. The smallest absolute Gasteiger partial charge is 0.104 e. The Morgan fingerprint density at radius 1 is 1.28 bits per heavy atom. The molecule has 0 atom stereocenters. The van der Waals surface area contributed by atoms with E-state index < -0.39 is 0 Å². The van der Waals surface area contributed by atoms with Gasteiger partial charge in [-0.25, -0.2) is 0 Å². The summed E-state index contributed by atoms with van der Waals surface area (Å²) in [5, 5.41) is 0. The summed E-state index contributed by atoms with van der Waals surface area (Å²) in [5.74, 6) is 0. The highest BCUT2D eigenvalue weighted by atomic mass is 32.1. The van der Waals surface area contributed by atoms with Crippen LogP contribution in [0.25, 0.3) is 0 Å². The quantitative estimate of drug-likeness (QED) is 0.859. The number of thiocarbonyl (C=S) groups is 1. The summed E-state index contributed by atoms with van der Waals surface area (Å²) >= 11 is 5.01. The molecule has 4 heteroatoms. The number of hydrogen-bond acceptors (Lipinski definition) is 3. The normalized spacial score (nSPS) is 10.1. The Kier molecular flexibility index (Phi) is 3.58. The molecule has 2 rings (SSSR count). The van der Waals surface area contributed by atoms with Crippen LogP contribution in [-0.4, -0.2) is 17.0 Å². The van der Waals surface area contributed by atoms with Crippen LogP contribution in [0.1, 0.15) is 11.1 Å². The van der Waals surface area contributed by atoms with Gasteiger partial charge in [0.2, 0.25) is 0 Å². The molecule has 0 aliphatic heterocycles. The predicted molar refractivity (Wildman–Crippen MR) is 79.4 cm³/mol. The van der Waals surface area contributed by atoms with E-state index in [-0.39, 0.29) is 0 Å². The molecule has 3 nitrogen and oxygen atoms in total. The van der Waals surface area contributed by atoms with E-state index in [1.807, 2.05) is 44.4 Å². The van der Waals surface area contributed by atoms with Gasteiger partial charge in [0.25, 0.3) is 0 Å². The molecule has 0 spiro atoms. The van der Waals surface area contributed by atoms with Gasteiger partial charge in [-0.3, -0.25) is 4.98 Å². The molecule has 0 aliphatic rings. The maximum absolute atomic E-state index is 5.66. The fourth-order valence-corrected chi connectivity index (χ4v) is 2.06. The van der Waals surface area contributed by atoms with E-state index in [1.165, 1.54) is 0 Å². The Morgan fingerprint density at radius 2 is 2.06 bits per heavy atom. The topological polar surface area (TPSA) is 42.2 Å². The number of nitrogens with zero attached hydrogens (tertiary/aromatic N) is 2. The number of aromatic nitrogens is 1. The van der Waals surface area contributed by atoms with Gasteiger partial charge in [0.05, 0.1) is 11.9 Å². The van der Waals surface area contributed by atoms with Crippen molar-refractivity contribution in [2.24, 2.45) is 5.73 Å². The Hall–Kier alpha value is -1.94. The lowest BCUT2D eigenvalue weighted by Gasteiger charge is -2.20. The number of benzene rings is 1. The summed E-state index contributed by atoms with van der Waals surface area (Å²) in [5.41, 5.74) is 9.79. The lowest BCUT2D eigenvalue weighted by Crippen LogP contribution is -2.13. The van der Waals surface area contributed by atoms with Gasteiger partial charge in [-0.1, -0.05) is 12.2 Å². The minimum Gasteiger partial charge on any atom is -0.389 e. The largest absolute Gasteiger partial charge is 0.389 e. The average Bonchev–Trinajstić information content (AvgIpc) is 2.38. The SMILES string of the molecule is Cc1cc(N(C)c2cccnc2)ccc1C(N)=S. The van der Waals surface area contributed by atoms with Gasteiger partial charge in [0.15, 0.2) is 0 Å². The van der Waals surface area contributed by atoms with E-state index in [0.717, 1.165) is 22.5 Å². The molecule has 18 heavy (non-hydrogen) atoms. The summed E-state index contributed by atoms with van der Waals surface area (Å²) in [6.07, 6.45) is 3.59. The zero-order valence-corrected chi connectivity index (χ0v) is 11.2. The maximum Gasteiger partial charge on any atom is 0.104 e. The first-order chi connectivity index (χ1) is 8.59. The maximum atomic E-state index is 5.66. The third kappa shape index (κ3) is 2.49. The van der Waals surface area contributed by atoms with E-state index in [9.17, 15) is 0 Å². The molecule has 92 valence electrons. The molecule has 0 fully saturated rings. The Morgan fingerprint density at radius 3 is 2.61 bits per heavy atom. The van der Waals surface area contributed by atoms with Gasteiger partial charge in [0, 0.05) is 24.5 Å². The molecule has 0 bridgehead atoms.